The van der Waals surface area contributed by atoms with Crippen molar-refractivity contribution in [2.45, 2.75) is 57.6 Å². The van der Waals surface area contributed by atoms with Gasteiger partial charge in [0.15, 0.2) is 0 Å². The molecule has 0 amide bonds. The second-order valence-electron chi connectivity index (χ2n) is 4.74. The number of nitrogens with one attached hydrogen (secondary N) is 1. The Morgan fingerprint density at radius 2 is 2.07 bits per heavy atom. The van der Waals surface area contributed by atoms with Gasteiger partial charge >= 0.3 is 0 Å². The largest absolute Gasteiger partial charge is 0.377 e. The maximum atomic E-state index is 5.96. The van der Waals surface area contributed by atoms with E-state index < -0.39 is 0 Å². The van der Waals surface area contributed by atoms with Gasteiger partial charge in [0.25, 0.3) is 0 Å². The lowest BCUT2D eigenvalue weighted by molar-refractivity contribution is 0.0368. The summed E-state index contributed by atoms with van der Waals surface area (Å²) in [4.78, 5) is 0. The molecule has 0 aliphatic heterocycles. The smallest absolute Gasteiger partial charge is 0.0728 e. The standard InChI is InChI=1S/C12H23NO/c1-2-13-11-4-3-5-12(11)14-9-8-10-6-7-10/h10-13H,2-9H2,1H3. The van der Waals surface area contributed by atoms with Gasteiger partial charge in [-0.1, -0.05) is 19.8 Å². The topological polar surface area (TPSA) is 21.3 Å². The molecule has 2 aliphatic carbocycles. The van der Waals surface area contributed by atoms with Gasteiger partial charge in [-0.2, -0.15) is 0 Å². The zero-order chi connectivity index (χ0) is 9.80. The molecular weight excluding hydrogens is 174 g/mol. The van der Waals surface area contributed by atoms with Crippen molar-refractivity contribution in [3.63, 3.8) is 0 Å². The molecule has 0 aromatic rings. The van der Waals surface area contributed by atoms with Crippen molar-refractivity contribution in [2.75, 3.05) is 13.2 Å². The third-order valence-corrected chi connectivity index (χ3v) is 3.47. The van der Waals surface area contributed by atoms with Crippen LogP contribution in [-0.4, -0.2) is 25.3 Å². The van der Waals surface area contributed by atoms with E-state index in [1.165, 1.54) is 38.5 Å². The average Bonchev–Trinajstić information content (AvgIpc) is 2.89. The molecule has 82 valence electrons. The fourth-order valence-electron chi connectivity index (χ4n) is 2.41. The van der Waals surface area contributed by atoms with Gasteiger partial charge < -0.3 is 10.1 Å². The van der Waals surface area contributed by atoms with E-state index in [4.69, 9.17) is 4.74 Å². The number of ether oxygens (including phenoxy) is 1. The molecule has 2 fully saturated rings. The quantitative estimate of drug-likeness (QED) is 0.705. The summed E-state index contributed by atoms with van der Waals surface area (Å²) in [5, 5.41) is 3.52. The number of hydrogen-bond acceptors (Lipinski definition) is 2. The van der Waals surface area contributed by atoms with Gasteiger partial charge in [-0.3, -0.25) is 0 Å². The fraction of sp³-hybridized carbons (Fsp3) is 1.00. The van der Waals surface area contributed by atoms with E-state index in [1.54, 1.807) is 0 Å². The van der Waals surface area contributed by atoms with Gasteiger partial charge in [0.1, 0.15) is 0 Å². The number of rotatable bonds is 6. The maximum absolute atomic E-state index is 5.96. The monoisotopic (exact) mass is 197 g/mol. The van der Waals surface area contributed by atoms with Crippen molar-refractivity contribution >= 4 is 0 Å². The first-order chi connectivity index (χ1) is 6.90. The normalized spacial score (nSPS) is 32.4. The van der Waals surface area contributed by atoms with Crippen molar-refractivity contribution < 1.29 is 4.74 Å². The molecule has 2 heteroatoms. The van der Waals surface area contributed by atoms with Crippen LogP contribution in [0.5, 0.6) is 0 Å². The van der Waals surface area contributed by atoms with E-state index in [-0.39, 0.29) is 0 Å². The summed E-state index contributed by atoms with van der Waals surface area (Å²) in [6.07, 6.45) is 8.62. The van der Waals surface area contributed by atoms with E-state index in [0.29, 0.717) is 12.1 Å². The molecular formula is C12H23NO. The third-order valence-electron chi connectivity index (χ3n) is 3.47. The second kappa shape index (κ2) is 5.13. The first kappa shape index (κ1) is 10.4. The van der Waals surface area contributed by atoms with Crippen LogP contribution in [0, 0.1) is 5.92 Å². The molecule has 0 aromatic heterocycles. The van der Waals surface area contributed by atoms with E-state index in [2.05, 4.69) is 12.2 Å². The zero-order valence-electron chi connectivity index (χ0n) is 9.30. The second-order valence-corrected chi connectivity index (χ2v) is 4.74. The molecule has 2 atom stereocenters. The van der Waals surface area contributed by atoms with Crippen LogP contribution in [0.1, 0.15) is 45.4 Å². The maximum Gasteiger partial charge on any atom is 0.0728 e. The molecule has 2 aliphatic rings. The average molecular weight is 197 g/mol. The van der Waals surface area contributed by atoms with Crippen LogP contribution in [-0.2, 0) is 4.74 Å². The minimum atomic E-state index is 0.508. The van der Waals surface area contributed by atoms with Crippen LogP contribution in [0.25, 0.3) is 0 Å². The molecule has 2 rings (SSSR count). The molecule has 2 nitrogen and oxygen atoms in total. The van der Waals surface area contributed by atoms with Crippen LogP contribution in [0.2, 0.25) is 0 Å². The van der Waals surface area contributed by atoms with Crippen molar-refractivity contribution in [3.05, 3.63) is 0 Å². The van der Waals surface area contributed by atoms with E-state index in [0.717, 1.165) is 19.1 Å². The Morgan fingerprint density at radius 1 is 1.21 bits per heavy atom. The Kier molecular flexibility index (Phi) is 3.82. The minimum Gasteiger partial charge on any atom is -0.377 e. The molecule has 0 aromatic carbocycles. The molecule has 0 heterocycles. The van der Waals surface area contributed by atoms with Crippen molar-refractivity contribution in [1.29, 1.82) is 0 Å². The van der Waals surface area contributed by atoms with Crippen LogP contribution >= 0.6 is 0 Å². The van der Waals surface area contributed by atoms with E-state index in [9.17, 15) is 0 Å². The lowest BCUT2D eigenvalue weighted by Gasteiger charge is -2.20. The molecule has 0 radical (unpaired) electrons. The highest BCUT2D eigenvalue weighted by molar-refractivity contribution is 4.84. The molecule has 2 unspecified atom stereocenters. The Balaban J connectivity index is 1.61. The van der Waals surface area contributed by atoms with Crippen molar-refractivity contribution in [2.24, 2.45) is 5.92 Å². The Bertz CT molecular complexity index is 168. The summed E-state index contributed by atoms with van der Waals surface area (Å²) in [6.45, 7) is 4.25. The molecule has 0 saturated heterocycles. The molecule has 0 bridgehead atoms. The first-order valence-electron chi connectivity index (χ1n) is 6.25. The van der Waals surface area contributed by atoms with Crippen LogP contribution in [0.3, 0.4) is 0 Å². The van der Waals surface area contributed by atoms with Gasteiger partial charge in [0.05, 0.1) is 6.10 Å². The summed E-state index contributed by atoms with van der Waals surface area (Å²) < 4.78 is 5.96. The Morgan fingerprint density at radius 3 is 2.79 bits per heavy atom. The van der Waals surface area contributed by atoms with Gasteiger partial charge in [-0.25, -0.2) is 0 Å². The Hall–Kier alpha value is -0.0800. The number of likely N-dealkylation sites (N-methyl/N-ethyl adjacent to an activating group) is 1. The van der Waals surface area contributed by atoms with Gasteiger partial charge in [-0.05, 0) is 38.1 Å². The van der Waals surface area contributed by atoms with Crippen LogP contribution < -0.4 is 5.32 Å². The minimum absolute atomic E-state index is 0.508. The summed E-state index contributed by atoms with van der Waals surface area (Å²) >= 11 is 0. The molecule has 14 heavy (non-hydrogen) atoms. The van der Waals surface area contributed by atoms with Gasteiger partial charge in [-0.15, -0.1) is 0 Å². The summed E-state index contributed by atoms with van der Waals surface area (Å²) in [5.74, 6) is 1.01. The zero-order valence-corrected chi connectivity index (χ0v) is 9.30. The highest BCUT2D eigenvalue weighted by Gasteiger charge is 2.28. The predicted octanol–water partition coefficient (Wildman–Crippen LogP) is 2.33. The molecule has 0 spiro atoms. The summed E-state index contributed by atoms with van der Waals surface area (Å²) in [6, 6.07) is 0.638. The molecule has 2 saturated carbocycles. The first-order valence-corrected chi connectivity index (χ1v) is 6.25. The highest BCUT2D eigenvalue weighted by Crippen LogP contribution is 2.32. The van der Waals surface area contributed by atoms with Crippen molar-refractivity contribution in [3.8, 4) is 0 Å². The van der Waals surface area contributed by atoms with Gasteiger partial charge in [0, 0.05) is 12.6 Å². The Labute approximate surface area is 87.4 Å². The van der Waals surface area contributed by atoms with E-state index >= 15 is 0 Å². The van der Waals surface area contributed by atoms with E-state index in [1.807, 2.05) is 0 Å². The third kappa shape index (κ3) is 2.96. The molecule has 1 N–H and O–H groups in total. The lowest BCUT2D eigenvalue weighted by Crippen LogP contribution is -2.37. The summed E-state index contributed by atoms with van der Waals surface area (Å²) in [5.41, 5.74) is 0. The lowest BCUT2D eigenvalue weighted by atomic mass is 10.2. The SMILES string of the molecule is CCNC1CCCC1OCCC1CC1. The fourth-order valence-corrected chi connectivity index (χ4v) is 2.41. The predicted molar refractivity (Wildman–Crippen MR) is 58.4 cm³/mol. The highest BCUT2D eigenvalue weighted by atomic mass is 16.5. The van der Waals surface area contributed by atoms with Crippen LogP contribution in [0.4, 0.5) is 0 Å². The van der Waals surface area contributed by atoms with Crippen molar-refractivity contribution in [1.82, 2.24) is 5.32 Å². The summed E-state index contributed by atoms with van der Waals surface area (Å²) in [7, 11) is 0. The van der Waals surface area contributed by atoms with Gasteiger partial charge in [0.2, 0.25) is 0 Å². The van der Waals surface area contributed by atoms with Crippen LogP contribution in [0.15, 0.2) is 0 Å². The number of hydrogen-bond donors (Lipinski definition) is 1.